The number of benzene rings is 1. The Morgan fingerprint density at radius 1 is 1.13 bits per heavy atom. The van der Waals surface area contributed by atoms with Gasteiger partial charge < -0.3 is 15.0 Å². The van der Waals surface area contributed by atoms with Crippen LogP contribution in [0.2, 0.25) is 0 Å². The molecule has 8 nitrogen and oxygen atoms in total. The molecule has 164 valence electrons. The molecule has 3 aromatic rings. The van der Waals surface area contributed by atoms with Crippen LogP contribution < -0.4 is 10.2 Å². The van der Waals surface area contributed by atoms with Crippen molar-refractivity contribution in [2.45, 2.75) is 40.2 Å². The number of fused-ring (bicyclic) bond motifs is 1. The summed E-state index contributed by atoms with van der Waals surface area (Å²) >= 11 is 0. The standard InChI is InChI=1S/C23H29N5O3/c1-15-12-21-25-16(2)20(17(3)28(21)26-15)10-11-23(30)31-14-22(29)24-13-18-6-8-19(9-7-18)27(4)5/h6-9,12H,10-11,13-14H2,1-5H3,(H,24,29). The molecule has 0 saturated heterocycles. The fourth-order valence-electron chi connectivity index (χ4n) is 3.41. The van der Waals surface area contributed by atoms with Crippen LogP contribution in [0.15, 0.2) is 30.3 Å². The largest absolute Gasteiger partial charge is 0.456 e. The van der Waals surface area contributed by atoms with E-state index >= 15 is 0 Å². The summed E-state index contributed by atoms with van der Waals surface area (Å²) in [6.45, 7) is 5.91. The molecule has 0 fully saturated rings. The molecule has 2 aromatic heterocycles. The van der Waals surface area contributed by atoms with E-state index in [1.165, 1.54) is 0 Å². The number of nitrogens with one attached hydrogen (secondary N) is 1. The van der Waals surface area contributed by atoms with Gasteiger partial charge in [-0.05, 0) is 50.5 Å². The van der Waals surface area contributed by atoms with Crippen LogP contribution in [0, 0.1) is 20.8 Å². The molecule has 0 aliphatic rings. The second-order valence-electron chi connectivity index (χ2n) is 7.82. The molecule has 31 heavy (non-hydrogen) atoms. The lowest BCUT2D eigenvalue weighted by molar-refractivity contribution is -0.148. The number of aromatic nitrogens is 3. The number of anilines is 1. The van der Waals surface area contributed by atoms with Crippen molar-refractivity contribution < 1.29 is 14.3 Å². The zero-order valence-corrected chi connectivity index (χ0v) is 18.7. The van der Waals surface area contributed by atoms with Crippen LogP contribution in [0.3, 0.4) is 0 Å². The van der Waals surface area contributed by atoms with Gasteiger partial charge in [-0.25, -0.2) is 9.50 Å². The van der Waals surface area contributed by atoms with E-state index < -0.39 is 5.97 Å². The van der Waals surface area contributed by atoms with Crippen LogP contribution in [0.1, 0.15) is 34.6 Å². The van der Waals surface area contributed by atoms with Crippen molar-refractivity contribution in [2.75, 3.05) is 25.6 Å². The summed E-state index contributed by atoms with van der Waals surface area (Å²) in [6, 6.07) is 9.81. The van der Waals surface area contributed by atoms with Gasteiger partial charge in [-0.3, -0.25) is 9.59 Å². The Morgan fingerprint density at radius 2 is 1.84 bits per heavy atom. The molecule has 0 unspecified atom stereocenters. The third-order valence-corrected chi connectivity index (χ3v) is 5.17. The maximum atomic E-state index is 12.1. The molecule has 0 spiro atoms. The maximum Gasteiger partial charge on any atom is 0.306 e. The molecule has 0 saturated carbocycles. The first-order valence-corrected chi connectivity index (χ1v) is 10.3. The third-order valence-electron chi connectivity index (χ3n) is 5.17. The quantitative estimate of drug-likeness (QED) is 0.560. The van der Waals surface area contributed by atoms with E-state index in [9.17, 15) is 9.59 Å². The van der Waals surface area contributed by atoms with Gasteiger partial charge in [0.25, 0.3) is 5.91 Å². The van der Waals surface area contributed by atoms with Crippen molar-refractivity contribution >= 4 is 23.2 Å². The molecule has 1 amide bonds. The van der Waals surface area contributed by atoms with E-state index in [2.05, 4.69) is 15.4 Å². The average Bonchev–Trinajstić information content (AvgIpc) is 3.11. The van der Waals surface area contributed by atoms with Gasteiger partial charge in [0.15, 0.2) is 12.3 Å². The van der Waals surface area contributed by atoms with Crippen molar-refractivity contribution in [1.29, 1.82) is 0 Å². The number of nitrogens with zero attached hydrogens (tertiary/aromatic N) is 4. The van der Waals surface area contributed by atoms with E-state index in [1.807, 2.05) is 70.1 Å². The Morgan fingerprint density at radius 3 is 2.52 bits per heavy atom. The maximum absolute atomic E-state index is 12.1. The summed E-state index contributed by atoms with van der Waals surface area (Å²) in [6.07, 6.45) is 0.659. The molecule has 0 bridgehead atoms. The number of aryl methyl sites for hydroxylation is 3. The van der Waals surface area contributed by atoms with Crippen LogP contribution in [-0.4, -0.2) is 47.2 Å². The summed E-state index contributed by atoms with van der Waals surface area (Å²) < 4.78 is 6.93. The van der Waals surface area contributed by atoms with E-state index in [4.69, 9.17) is 4.74 Å². The molecule has 1 aromatic carbocycles. The van der Waals surface area contributed by atoms with Crippen LogP contribution in [-0.2, 0) is 27.3 Å². The minimum absolute atomic E-state index is 0.175. The van der Waals surface area contributed by atoms with Crippen LogP contribution in [0.25, 0.3) is 5.65 Å². The minimum atomic E-state index is -0.416. The molecule has 0 aliphatic carbocycles. The predicted molar refractivity (Wildman–Crippen MR) is 119 cm³/mol. The van der Waals surface area contributed by atoms with Gasteiger partial charge in [0.2, 0.25) is 0 Å². The second-order valence-corrected chi connectivity index (χ2v) is 7.82. The lowest BCUT2D eigenvalue weighted by Crippen LogP contribution is -2.28. The first-order valence-electron chi connectivity index (χ1n) is 10.3. The number of hydrogen-bond donors (Lipinski definition) is 1. The Bertz CT molecular complexity index is 1090. The molecule has 2 heterocycles. The highest BCUT2D eigenvalue weighted by molar-refractivity contribution is 5.80. The molecule has 0 radical (unpaired) electrons. The highest BCUT2D eigenvalue weighted by Crippen LogP contribution is 2.17. The molecule has 8 heteroatoms. The fourth-order valence-corrected chi connectivity index (χ4v) is 3.41. The van der Waals surface area contributed by atoms with Gasteiger partial charge in [-0.2, -0.15) is 5.10 Å². The van der Waals surface area contributed by atoms with Crippen LogP contribution in [0.4, 0.5) is 5.69 Å². The van der Waals surface area contributed by atoms with Gasteiger partial charge >= 0.3 is 5.97 Å². The van der Waals surface area contributed by atoms with Gasteiger partial charge in [0, 0.05) is 50.2 Å². The number of carbonyl (C=O) groups excluding carboxylic acids is 2. The molecule has 0 aliphatic heterocycles. The van der Waals surface area contributed by atoms with Crippen LogP contribution >= 0.6 is 0 Å². The van der Waals surface area contributed by atoms with Crippen LogP contribution in [0.5, 0.6) is 0 Å². The fraction of sp³-hybridized carbons (Fsp3) is 0.391. The first-order chi connectivity index (χ1) is 14.7. The van der Waals surface area contributed by atoms with Crippen molar-refractivity contribution in [3.63, 3.8) is 0 Å². The van der Waals surface area contributed by atoms with E-state index in [1.54, 1.807) is 4.52 Å². The number of rotatable bonds is 8. The molecule has 1 N–H and O–H groups in total. The first kappa shape index (κ1) is 22.3. The topological polar surface area (TPSA) is 88.8 Å². The Labute approximate surface area is 182 Å². The van der Waals surface area contributed by atoms with Crippen molar-refractivity contribution in [3.8, 4) is 0 Å². The summed E-state index contributed by atoms with van der Waals surface area (Å²) in [5, 5.41) is 7.21. The molecular formula is C23H29N5O3. The summed E-state index contributed by atoms with van der Waals surface area (Å²) in [5.74, 6) is -0.742. The zero-order chi connectivity index (χ0) is 22.5. The highest BCUT2D eigenvalue weighted by atomic mass is 16.5. The molecule has 3 rings (SSSR count). The van der Waals surface area contributed by atoms with Crippen molar-refractivity contribution in [3.05, 3.63) is 58.5 Å². The van der Waals surface area contributed by atoms with Gasteiger partial charge in [0.1, 0.15) is 0 Å². The lowest BCUT2D eigenvalue weighted by atomic mass is 10.1. The summed E-state index contributed by atoms with van der Waals surface area (Å²) in [5.41, 5.74) is 6.56. The number of amides is 1. The van der Waals surface area contributed by atoms with Gasteiger partial charge in [-0.1, -0.05) is 12.1 Å². The number of esters is 1. The SMILES string of the molecule is Cc1cc2nc(C)c(CCC(=O)OCC(=O)NCc3ccc(N(C)C)cc3)c(C)n2n1. The molecular weight excluding hydrogens is 394 g/mol. The van der Waals surface area contributed by atoms with E-state index in [-0.39, 0.29) is 18.9 Å². The van der Waals surface area contributed by atoms with Gasteiger partial charge in [0.05, 0.1) is 5.69 Å². The smallest absolute Gasteiger partial charge is 0.306 e. The Hall–Kier alpha value is -3.42. The zero-order valence-electron chi connectivity index (χ0n) is 18.7. The normalized spacial score (nSPS) is 10.9. The average molecular weight is 424 g/mol. The predicted octanol–water partition coefficient (Wildman–Crippen LogP) is 2.51. The summed E-state index contributed by atoms with van der Waals surface area (Å²) in [7, 11) is 3.95. The minimum Gasteiger partial charge on any atom is -0.456 e. The number of ether oxygens (including phenoxy) is 1. The Balaban J connectivity index is 1.46. The van der Waals surface area contributed by atoms with Crippen molar-refractivity contribution in [1.82, 2.24) is 19.9 Å². The third kappa shape index (κ3) is 5.59. The summed E-state index contributed by atoms with van der Waals surface area (Å²) in [4.78, 5) is 30.7. The number of carbonyl (C=O) groups is 2. The van der Waals surface area contributed by atoms with Crippen molar-refractivity contribution in [2.24, 2.45) is 0 Å². The van der Waals surface area contributed by atoms with Gasteiger partial charge in [-0.15, -0.1) is 0 Å². The van der Waals surface area contributed by atoms with E-state index in [0.717, 1.165) is 39.5 Å². The highest BCUT2D eigenvalue weighted by Gasteiger charge is 2.14. The second kappa shape index (κ2) is 9.59. The number of hydrogen-bond acceptors (Lipinski definition) is 6. The molecule has 0 atom stereocenters. The van der Waals surface area contributed by atoms with E-state index in [0.29, 0.717) is 13.0 Å². The monoisotopic (exact) mass is 423 g/mol. The Kier molecular flexibility index (Phi) is 6.89. The lowest BCUT2D eigenvalue weighted by Gasteiger charge is -2.13.